The lowest BCUT2D eigenvalue weighted by Crippen LogP contribution is -2.48. The van der Waals surface area contributed by atoms with Gasteiger partial charge in [0.1, 0.15) is 0 Å². The first-order valence-electron chi connectivity index (χ1n) is 8.03. The van der Waals surface area contributed by atoms with Crippen LogP contribution in [-0.2, 0) is 4.79 Å². The molecule has 2 N–H and O–H groups in total. The molecule has 1 amide bonds. The lowest BCUT2D eigenvalue weighted by molar-refractivity contribution is -0.134. The van der Waals surface area contributed by atoms with Crippen molar-refractivity contribution in [2.45, 2.75) is 57.4 Å². The van der Waals surface area contributed by atoms with Crippen LogP contribution in [0.2, 0.25) is 0 Å². The van der Waals surface area contributed by atoms with E-state index in [-0.39, 0.29) is 0 Å². The highest BCUT2D eigenvalue weighted by atomic mass is 16.2. The van der Waals surface area contributed by atoms with Crippen molar-refractivity contribution in [2.75, 3.05) is 32.7 Å². The van der Waals surface area contributed by atoms with Gasteiger partial charge in [0.2, 0.25) is 5.91 Å². The molecule has 1 saturated heterocycles. The molecule has 0 atom stereocenters. The second-order valence-corrected chi connectivity index (χ2v) is 5.99. The van der Waals surface area contributed by atoms with E-state index in [1.807, 2.05) is 0 Å². The Morgan fingerprint density at radius 2 is 1.68 bits per heavy atom. The minimum absolute atomic E-state index is 0.318. The predicted molar refractivity (Wildman–Crippen MR) is 77.9 cm³/mol. The number of carbonyl (C=O) groups excluding carboxylic acids is 1. The summed E-state index contributed by atoms with van der Waals surface area (Å²) in [4.78, 5) is 16.8. The number of nitrogens with zero attached hydrogens (tertiary/aromatic N) is 2. The van der Waals surface area contributed by atoms with Crippen molar-refractivity contribution in [3.05, 3.63) is 0 Å². The van der Waals surface area contributed by atoms with Gasteiger partial charge in [0.05, 0.1) is 6.54 Å². The van der Waals surface area contributed by atoms with Gasteiger partial charge in [-0.1, -0.05) is 19.3 Å². The van der Waals surface area contributed by atoms with Crippen LogP contribution in [0, 0.1) is 0 Å². The molecule has 19 heavy (non-hydrogen) atoms. The van der Waals surface area contributed by atoms with Crippen LogP contribution in [0.3, 0.4) is 0 Å². The maximum Gasteiger partial charge on any atom is 0.236 e. The number of nitrogens with two attached hydrogens (primary N) is 1. The van der Waals surface area contributed by atoms with Crippen molar-refractivity contribution in [3.63, 3.8) is 0 Å². The normalized spacial score (nSPS) is 21.9. The van der Waals surface area contributed by atoms with E-state index in [1.165, 1.54) is 51.4 Å². The summed E-state index contributed by atoms with van der Waals surface area (Å²) in [6, 6.07) is 0.589. The fourth-order valence-electron chi connectivity index (χ4n) is 3.42. The third kappa shape index (κ3) is 4.46. The quantitative estimate of drug-likeness (QED) is 0.823. The summed E-state index contributed by atoms with van der Waals surface area (Å²) in [5, 5.41) is 0. The van der Waals surface area contributed by atoms with Crippen molar-refractivity contribution in [3.8, 4) is 0 Å². The maximum absolute atomic E-state index is 12.4. The van der Waals surface area contributed by atoms with Crippen molar-refractivity contribution in [2.24, 2.45) is 5.73 Å². The molecule has 0 aromatic heterocycles. The Kier molecular flexibility index (Phi) is 6.11. The second-order valence-electron chi connectivity index (χ2n) is 5.99. The van der Waals surface area contributed by atoms with Gasteiger partial charge in [-0.25, -0.2) is 0 Å². The van der Waals surface area contributed by atoms with Gasteiger partial charge in [0.15, 0.2) is 0 Å². The fraction of sp³-hybridized carbons (Fsp3) is 0.933. The zero-order valence-corrected chi connectivity index (χ0v) is 12.1. The maximum atomic E-state index is 12.4. The summed E-state index contributed by atoms with van der Waals surface area (Å²) in [6.45, 7) is 4.02. The van der Waals surface area contributed by atoms with Gasteiger partial charge in [-0.2, -0.15) is 0 Å². The number of hydrogen-bond donors (Lipinski definition) is 1. The van der Waals surface area contributed by atoms with Crippen LogP contribution >= 0.6 is 0 Å². The third-order valence-corrected chi connectivity index (χ3v) is 4.55. The monoisotopic (exact) mass is 267 g/mol. The molecular formula is C15H29N3O. The molecule has 4 nitrogen and oxygen atoms in total. The minimum atomic E-state index is 0.318. The number of likely N-dealkylation sites (tertiary alicyclic amines) is 1. The van der Waals surface area contributed by atoms with Crippen molar-refractivity contribution in [1.82, 2.24) is 9.80 Å². The van der Waals surface area contributed by atoms with Crippen molar-refractivity contribution in [1.29, 1.82) is 0 Å². The average molecular weight is 267 g/mol. The molecule has 0 aromatic rings. The van der Waals surface area contributed by atoms with Crippen molar-refractivity contribution < 1.29 is 4.79 Å². The molecular weight excluding hydrogens is 238 g/mol. The third-order valence-electron chi connectivity index (χ3n) is 4.55. The van der Waals surface area contributed by atoms with E-state index in [2.05, 4.69) is 9.80 Å². The number of hydrogen-bond acceptors (Lipinski definition) is 3. The Balaban J connectivity index is 1.85. The molecule has 2 fully saturated rings. The number of rotatable bonds is 5. The summed E-state index contributed by atoms with van der Waals surface area (Å²) in [5.41, 5.74) is 5.72. The van der Waals surface area contributed by atoms with Gasteiger partial charge in [-0.3, -0.25) is 9.69 Å². The molecule has 110 valence electrons. The first kappa shape index (κ1) is 14.8. The first-order chi connectivity index (χ1) is 9.31. The molecule has 0 spiro atoms. The Morgan fingerprint density at radius 3 is 2.32 bits per heavy atom. The molecule has 0 radical (unpaired) electrons. The Morgan fingerprint density at radius 1 is 1.05 bits per heavy atom. The van der Waals surface area contributed by atoms with Crippen molar-refractivity contribution >= 4 is 5.91 Å². The number of carbonyl (C=O) groups is 1. The SMILES string of the molecule is NCCN(CC(=O)N1CCCCC1)C1CCCCC1. The van der Waals surface area contributed by atoms with E-state index in [0.717, 1.165) is 19.6 Å². The van der Waals surface area contributed by atoms with Gasteiger partial charge in [0, 0.05) is 32.2 Å². The van der Waals surface area contributed by atoms with E-state index in [0.29, 0.717) is 25.0 Å². The number of piperidine rings is 1. The predicted octanol–water partition coefficient (Wildman–Crippen LogP) is 1.59. The largest absolute Gasteiger partial charge is 0.342 e. The van der Waals surface area contributed by atoms with Crippen LogP contribution in [0.4, 0.5) is 0 Å². The summed E-state index contributed by atoms with van der Waals surface area (Å²) in [7, 11) is 0. The van der Waals surface area contributed by atoms with E-state index < -0.39 is 0 Å². The highest BCUT2D eigenvalue weighted by molar-refractivity contribution is 5.78. The molecule has 0 unspecified atom stereocenters. The van der Waals surface area contributed by atoms with Crippen LogP contribution in [0.5, 0.6) is 0 Å². The molecule has 0 aromatic carbocycles. The molecule has 2 aliphatic rings. The Bertz CT molecular complexity index is 271. The van der Waals surface area contributed by atoms with Crippen LogP contribution in [0.25, 0.3) is 0 Å². The first-order valence-corrected chi connectivity index (χ1v) is 8.03. The molecule has 0 bridgehead atoms. The smallest absolute Gasteiger partial charge is 0.236 e. The molecule has 1 heterocycles. The molecule has 1 saturated carbocycles. The molecule has 2 rings (SSSR count). The Hall–Kier alpha value is -0.610. The second kappa shape index (κ2) is 7.85. The van der Waals surface area contributed by atoms with Crippen LogP contribution in [0.15, 0.2) is 0 Å². The van der Waals surface area contributed by atoms with E-state index >= 15 is 0 Å². The van der Waals surface area contributed by atoms with Crippen LogP contribution < -0.4 is 5.73 Å². The Labute approximate surface area is 117 Å². The van der Waals surface area contributed by atoms with Gasteiger partial charge >= 0.3 is 0 Å². The summed E-state index contributed by atoms with van der Waals surface area (Å²) in [6.07, 6.45) is 10.1. The number of amides is 1. The lowest BCUT2D eigenvalue weighted by atomic mass is 9.94. The van der Waals surface area contributed by atoms with Gasteiger partial charge in [0.25, 0.3) is 0 Å². The van der Waals surface area contributed by atoms with Crippen LogP contribution in [0.1, 0.15) is 51.4 Å². The minimum Gasteiger partial charge on any atom is -0.342 e. The summed E-state index contributed by atoms with van der Waals surface area (Å²) in [5.74, 6) is 0.318. The van der Waals surface area contributed by atoms with E-state index in [4.69, 9.17) is 5.73 Å². The topological polar surface area (TPSA) is 49.6 Å². The fourth-order valence-corrected chi connectivity index (χ4v) is 3.42. The van der Waals surface area contributed by atoms with Gasteiger partial charge in [-0.05, 0) is 32.1 Å². The van der Waals surface area contributed by atoms with Crippen LogP contribution in [-0.4, -0.2) is 54.5 Å². The summed E-state index contributed by atoms with van der Waals surface area (Å²) >= 11 is 0. The zero-order chi connectivity index (χ0) is 13.5. The highest BCUT2D eigenvalue weighted by Crippen LogP contribution is 2.22. The molecule has 1 aliphatic heterocycles. The highest BCUT2D eigenvalue weighted by Gasteiger charge is 2.25. The summed E-state index contributed by atoms with van der Waals surface area (Å²) < 4.78 is 0. The standard InChI is InChI=1S/C15H29N3O/c16-9-12-18(14-7-3-1-4-8-14)13-15(19)17-10-5-2-6-11-17/h14H,1-13,16H2. The van der Waals surface area contributed by atoms with Gasteiger partial charge in [-0.15, -0.1) is 0 Å². The molecule has 1 aliphatic carbocycles. The van der Waals surface area contributed by atoms with Gasteiger partial charge < -0.3 is 10.6 Å². The van der Waals surface area contributed by atoms with E-state index in [1.54, 1.807) is 0 Å². The lowest BCUT2D eigenvalue weighted by Gasteiger charge is -2.36. The van der Waals surface area contributed by atoms with E-state index in [9.17, 15) is 4.79 Å². The zero-order valence-electron chi connectivity index (χ0n) is 12.1. The average Bonchev–Trinajstić information content (AvgIpc) is 2.48. The molecule has 4 heteroatoms.